The minimum Gasteiger partial charge on any atom is -0.497 e. The van der Waals surface area contributed by atoms with Gasteiger partial charge in [0.1, 0.15) is 5.75 Å². The molecule has 1 saturated heterocycles. The largest absolute Gasteiger partial charge is 0.497 e. The van der Waals surface area contributed by atoms with Crippen molar-refractivity contribution in [3.8, 4) is 5.75 Å². The molecule has 21 heavy (non-hydrogen) atoms. The van der Waals surface area contributed by atoms with Gasteiger partial charge in [0.2, 0.25) is 0 Å². The van der Waals surface area contributed by atoms with Gasteiger partial charge in [-0.25, -0.2) is 0 Å². The number of ether oxygens (including phenoxy) is 1. The van der Waals surface area contributed by atoms with Gasteiger partial charge in [0.05, 0.1) is 7.11 Å². The van der Waals surface area contributed by atoms with Crippen molar-refractivity contribution in [1.29, 1.82) is 0 Å². The topological polar surface area (TPSA) is 84.0 Å². The number of aromatic amines is 1. The maximum Gasteiger partial charge on any atom is 0.254 e. The Kier molecular flexibility index (Phi) is 3.55. The third-order valence-electron chi connectivity index (χ3n) is 3.87. The number of H-pyrrole nitrogens is 1. The quantitative estimate of drug-likeness (QED) is 0.915. The third-order valence-corrected chi connectivity index (χ3v) is 3.87. The normalized spacial score (nSPS) is 18.0. The standard InChI is InChI=1S/C14H17N5O2/c1-9-7-11(21-2)3-4-12(9)14(20)19-6-5-10(8-19)13-15-17-18-16-13/h3-4,7,10H,5-6,8H2,1-2H3,(H,15,16,17,18). The second-order valence-electron chi connectivity index (χ2n) is 5.19. The highest BCUT2D eigenvalue weighted by Gasteiger charge is 2.30. The maximum atomic E-state index is 12.6. The van der Waals surface area contributed by atoms with Crippen LogP contribution in [0.1, 0.15) is 34.1 Å². The van der Waals surface area contributed by atoms with Gasteiger partial charge in [0, 0.05) is 24.6 Å². The van der Waals surface area contributed by atoms with Crippen molar-refractivity contribution >= 4 is 5.91 Å². The first-order valence-corrected chi connectivity index (χ1v) is 6.86. The van der Waals surface area contributed by atoms with Crippen LogP contribution < -0.4 is 4.74 Å². The van der Waals surface area contributed by atoms with Gasteiger partial charge in [0.15, 0.2) is 5.82 Å². The first kappa shape index (κ1) is 13.5. The number of rotatable bonds is 3. The van der Waals surface area contributed by atoms with Crippen LogP contribution in [0.25, 0.3) is 0 Å². The Hall–Kier alpha value is -2.44. The zero-order valence-corrected chi connectivity index (χ0v) is 12.0. The van der Waals surface area contributed by atoms with E-state index in [1.165, 1.54) is 0 Å². The maximum absolute atomic E-state index is 12.6. The van der Waals surface area contributed by atoms with Crippen LogP contribution in [0.15, 0.2) is 18.2 Å². The third kappa shape index (κ3) is 2.58. The molecule has 110 valence electrons. The van der Waals surface area contributed by atoms with Gasteiger partial charge < -0.3 is 9.64 Å². The monoisotopic (exact) mass is 287 g/mol. The molecule has 0 aliphatic carbocycles. The van der Waals surface area contributed by atoms with E-state index in [9.17, 15) is 4.79 Å². The molecular weight excluding hydrogens is 270 g/mol. The number of aromatic nitrogens is 4. The summed E-state index contributed by atoms with van der Waals surface area (Å²) >= 11 is 0. The van der Waals surface area contributed by atoms with E-state index in [2.05, 4.69) is 20.6 Å². The number of tetrazole rings is 1. The molecular formula is C14H17N5O2. The molecule has 2 heterocycles. The molecule has 1 N–H and O–H groups in total. The zero-order chi connectivity index (χ0) is 14.8. The second kappa shape index (κ2) is 5.51. The highest BCUT2D eigenvalue weighted by Crippen LogP contribution is 2.26. The fourth-order valence-corrected chi connectivity index (χ4v) is 2.67. The summed E-state index contributed by atoms with van der Waals surface area (Å²) in [5.74, 6) is 1.64. The molecule has 0 radical (unpaired) electrons. The van der Waals surface area contributed by atoms with E-state index < -0.39 is 0 Å². The van der Waals surface area contributed by atoms with Crippen LogP contribution in [-0.2, 0) is 0 Å². The van der Waals surface area contributed by atoms with Gasteiger partial charge in [-0.1, -0.05) is 5.21 Å². The van der Waals surface area contributed by atoms with Crippen LogP contribution in [-0.4, -0.2) is 51.6 Å². The molecule has 3 rings (SSSR count). The lowest BCUT2D eigenvalue weighted by Gasteiger charge is -2.17. The van der Waals surface area contributed by atoms with Crippen LogP contribution in [0.5, 0.6) is 5.75 Å². The number of methoxy groups -OCH3 is 1. The van der Waals surface area contributed by atoms with Gasteiger partial charge in [-0.15, -0.1) is 10.2 Å². The van der Waals surface area contributed by atoms with Crippen LogP contribution in [0.4, 0.5) is 0 Å². The SMILES string of the molecule is COc1ccc(C(=O)N2CCC(c3nn[nH]n3)C2)c(C)c1. The number of carbonyl (C=O) groups is 1. The average molecular weight is 287 g/mol. The van der Waals surface area contributed by atoms with E-state index in [1.807, 2.05) is 30.0 Å². The number of hydrogen-bond donors (Lipinski definition) is 1. The molecule has 1 fully saturated rings. The van der Waals surface area contributed by atoms with Gasteiger partial charge >= 0.3 is 0 Å². The van der Waals surface area contributed by atoms with Crippen molar-refractivity contribution in [1.82, 2.24) is 25.5 Å². The average Bonchev–Trinajstić information content (AvgIpc) is 3.17. The van der Waals surface area contributed by atoms with E-state index >= 15 is 0 Å². The number of nitrogens with one attached hydrogen (secondary N) is 1. The predicted molar refractivity (Wildman–Crippen MR) is 75.2 cm³/mol. The molecule has 0 bridgehead atoms. The molecule has 0 saturated carbocycles. The molecule has 1 aromatic heterocycles. The highest BCUT2D eigenvalue weighted by atomic mass is 16.5. The van der Waals surface area contributed by atoms with E-state index in [1.54, 1.807) is 7.11 Å². The lowest BCUT2D eigenvalue weighted by molar-refractivity contribution is 0.0790. The molecule has 7 heteroatoms. The molecule has 1 aliphatic heterocycles. The summed E-state index contributed by atoms with van der Waals surface area (Å²) in [6.45, 7) is 3.26. The number of amides is 1. The van der Waals surface area contributed by atoms with Crippen molar-refractivity contribution in [2.45, 2.75) is 19.3 Å². The molecule has 1 atom stereocenters. The number of hydrogen-bond acceptors (Lipinski definition) is 5. The van der Waals surface area contributed by atoms with Gasteiger partial charge in [-0.2, -0.15) is 5.21 Å². The van der Waals surface area contributed by atoms with Gasteiger partial charge in [0.25, 0.3) is 5.91 Å². The molecule has 1 amide bonds. The molecule has 0 spiro atoms. The Morgan fingerprint density at radius 3 is 3.00 bits per heavy atom. The molecule has 1 aliphatic rings. The van der Waals surface area contributed by atoms with Crippen LogP contribution >= 0.6 is 0 Å². The smallest absolute Gasteiger partial charge is 0.254 e. The fourth-order valence-electron chi connectivity index (χ4n) is 2.67. The van der Waals surface area contributed by atoms with E-state index in [4.69, 9.17) is 4.74 Å². The minimum atomic E-state index is 0.0427. The molecule has 1 aromatic carbocycles. The summed E-state index contributed by atoms with van der Waals surface area (Å²) in [4.78, 5) is 14.4. The van der Waals surface area contributed by atoms with Crippen molar-refractivity contribution in [2.24, 2.45) is 0 Å². The number of aryl methyl sites for hydroxylation is 1. The van der Waals surface area contributed by atoms with E-state index in [0.717, 1.165) is 17.7 Å². The summed E-state index contributed by atoms with van der Waals surface area (Å²) in [6, 6.07) is 5.51. The predicted octanol–water partition coefficient (Wildman–Crippen LogP) is 1.15. The van der Waals surface area contributed by atoms with Crippen molar-refractivity contribution < 1.29 is 9.53 Å². The first-order valence-electron chi connectivity index (χ1n) is 6.86. The second-order valence-corrected chi connectivity index (χ2v) is 5.19. The van der Waals surface area contributed by atoms with E-state index in [-0.39, 0.29) is 11.8 Å². The molecule has 2 aromatic rings. The lowest BCUT2D eigenvalue weighted by atomic mass is 10.1. The fraction of sp³-hybridized carbons (Fsp3) is 0.429. The highest BCUT2D eigenvalue weighted by molar-refractivity contribution is 5.96. The van der Waals surface area contributed by atoms with Gasteiger partial charge in [-0.3, -0.25) is 4.79 Å². The van der Waals surface area contributed by atoms with Crippen LogP contribution in [0, 0.1) is 6.92 Å². The molecule has 1 unspecified atom stereocenters. The molecule has 7 nitrogen and oxygen atoms in total. The zero-order valence-electron chi connectivity index (χ0n) is 12.0. The Labute approximate surface area is 122 Å². The number of carbonyl (C=O) groups excluding carboxylic acids is 1. The first-order chi connectivity index (χ1) is 10.2. The van der Waals surface area contributed by atoms with Crippen LogP contribution in [0.2, 0.25) is 0 Å². The van der Waals surface area contributed by atoms with Crippen LogP contribution in [0.3, 0.4) is 0 Å². The summed E-state index contributed by atoms with van der Waals surface area (Å²) in [6.07, 6.45) is 0.862. The Bertz CT molecular complexity index is 641. The number of likely N-dealkylation sites (tertiary alicyclic amines) is 1. The summed E-state index contributed by atoms with van der Waals surface area (Å²) in [7, 11) is 1.62. The Morgan fingerprint density at radius 2 is 2.33 bits per heavy atom. The van der Waals surface area contributed by atoms with Crippen molar-refractivity contribution in [2.75, 3.05) is 20.2 Å². The van der Waals surface area contributed by atoms with Gasteiger partial charge in [-0.05, 0) is 37.1 Å². The summed E-state index contributed by atoms with van der Waals surface area (Å²) in [5, 5.41) is 14.0. The Morgan fingerprint density at radius 1 is 1.48 bits per heavy atom. The summed E-state index contributed by atoms with van der Waals surface area (Å²) in [5.41, 5.74) is 1.63. The van der Waals surface area contributed by atoms with E-state index in [0.29, 0.717) is 24.5 Å². The summed E-state index contributed by atoms with van der Waals surface area (Å²) < 4.78 is 5.17. The Balaban J connectivity index is 1.74. The number of nitrogens with zero attached hydrogens (tertiary/aromatic N) is 4. The number of benzene rings is 1. The minimum absolute atomic E-state index is 0.0427. The lowest BCUT2D eigenvalue weighted by Crippen LogP contribution is -2.29. The van der Waals surface area contributed by atoms with Crippen molar-refractivity contribution in [3.63, 3.8) is 0 Å². The van der Waals surface area contributed by atoms with Crippen molar-refractivity contribution in [3.05, 3.63) is 35.2 Å².